The molecule has 4 aromatic rings. The molecule has 30 heavy (non-hydrogen) atoms. The van der Waals surface area contributed by atoms with Crippen LogP contribution in [-0.4, -0.2) is 25.4 Å². The molecule has 0 aliphatic rings. The standard InChI is InChI=1S/C22H22N2O4S2/c1-12-9-16(11-25)18(19-17-7-8-29-21(17)22(26)24-20(12)19)15-5-3-14(4-6-15)13(2)10-23-30(27)28/h3-9,13,23,25H,10-11H2,1-2H3,(H,24,26)(H,27,28). The Balaban J connectivity index is 1.90. The zero-order valence-electron chi connectivity index (χ0n) is 16.6. The van der Waals surface area contributed by atoms with Crippen LogP contribution in [0.3, 0.4) is 0 Å². The maximum absolute atomic E-state index is 12.5. The summed E-state index contributed by atoms with van der Waals surface area (Å²) in [5.74, 6) is 0.0576. The van der Waals surface area contributed by atoms with Gasteiger partial charge in [-0.1, -0.05) is 37.3 Å². The minimum atomic E-state index is -2.03. The Kier molecular flexibility index (Phi) is 5.86. The highest BCUT2D eigenvalue weighted by Crippen LogP contribution is 2.38. The normalized spacial score (nSPS) is 13.7. The fraction of sp³-hybridized carbons (Fsp3) is 0.227. The van der Waals surface area contributed by atoms with E-state index in [4.69, 9.17) is 4.55 Å². The summed E-state index contributed by atoms with van der Waals surface area (Å²) in [5, 5.41) is 13.8. The lowest BCUT2D eigenvalue weighted by atomic mass is 9.90. The number of hydrogen-bond acceptors (Lipinski definition) is 4. The molecule has 8 heteroatoms. The maximum atomic E-state index is 12.5. The Bertz CT molecular complexity index is 1310. The Morgan fingerprint density at radius 3 is 2.63 bits per heavy atom. The van der Waals surface area contributed by atoms with E-state index in [0.717, 1.165) is 44.1 Å². The van der Waals surface area contributed by atoms with Crippen molar-refractivity contribution >= 4 is 43.6 Å². The van der Waals surface area contributed by atoms with E-state index in [1.165, 1.54) is 11.3 Å². The lowest BCUT2D eigenvalue weighted by Crippen LogP contribution is -2.21. The van der Waals surface area contributed by atoms with Gasteiger partial charge >= 0.3 is 0 Å². The number of thiophene rings is 1. The molecule has 0 aliphatic heterocycles. The van der Waals surface area contributed by atoms with Gasteiger partial charge in [-0.25, -0.2) is 8.93 Å². The van der Waals surface area contributed by atoms with E-state index >= 15 is 0 Å². The van der Waals surface area contributed by atoms with Gasteiger partial charge in [-0.05, 0) is 52.1 Å². The monoisotopic (exact) mass is 442 g/mol. The highest BCUT2D eigenvalue weighted by atomic mass is 32.2. The van der Waals surface area contributed by atoms with Gasteiger partial charge in [0.05, 0.1) is 12.1 Å². The number of rotatable bonds is 6. The molecule has 2 aromatic heterocycles. The molecule has 0 aliphatic carbocycles. The molecule has 2 atom stereocenters. The molecule has 0 amide bonds. The fourth-order valence-electron chi connectivity index (χ4n) is 3.92. The van der Waals surface area contributed by atoms with Crippen LogP contribution in [0.2, 0.25) is 0 Å². The number of hydrogen-bond donors (Lipinski definition) is 4. The minimum Gasteiger partial charge on any atom is -0.392 e. The van der Waals surface area contributed by atoms with Gasteiger partial charge in [0.1, 0.15) is 4.70 Å². The molecule has 156 valence electrons. The van der Waals surface area contributed by atoms with Crippen molar-refractivity contribution in [3.63, 3.8) is 0 Å². The number of fused-ring (bicyclic) bond motifs is 3. The number of nitrogens with one attached hydrogen (secondary N) is 2. The first-order valence-corrected chi connectivity index (χ1v) is 11.5. The van der Waals surface area contributed by atoms with Gasteiger partial charge in [0.2, 0.25) is 11.3 Å². The fourth-order valence-corrected chi connectivity index (χ4v) is 5.11. The third kappa shape index (κ3) is 3.73. The highest BCUT2D eigenvalue weighted by Gasteiger charge is 2.17. The molecule has 6 nitrogen and oxygen atoms in total. The summed E-state index contributed by atoms with van der Waals surface area (Å²) >= 11 is -0.626. The van der Waals surface area contributed by atoms with Crippen molar-refractivity contribution < 1.29 is 13.9 Å². The van der Waals surface area contributed by atoms with E-state index in [0.29, 0.717) is 11.2 Å². The Morgan fingerprint density at radius 2 is 1.97 bits per heavy atom. The molecule has 4 rings (SSSR count). The van der Waals surface area contributed by atoms with Gasteiger partial charge in [0, 0.05) is 17.3 Å². The van der Waals surface area contributed by atoms with Crippen molar-refractivity contribution in [2.75, 3.05) is 6.54 Å². The smallest absolute Gasteiger partial charge is 0.266 e. The largest absolute Gasteiger partial charge is 0.392 e. The Morgan fingerprint density at radius 1 is 1.23 bits per heavy atom. The van der Waals surface area contributed by atoms with E-state index in [1.807, 2.05) is 55.6 Å². The van der Waals surface area contributed by atoms with Crippen molar-refractivity contribution in [2.45, 2.75) is 26.4 Å². The molecule has 0 fully saturated rings. The summed E-state index contributed by atoms with van der Waals surface area (Å²) < 4.78 is 23.0. The minimum absolute atomic E-state index is 0.0576. The lowest BCUT2D eigenvalue weighted by molar-refractivity contribution is 0.282. The zero-order chi connectivity index (χ0) is 21.4. The average Bonchev–Trinajstić information content (AvgIpc) is 3.23. The second-order valence-corrected chi connectivity index (χ2v) is 9.08. The summed E-state index contributed by atoms with van der Waals surface area (Å²) in [6, 6.07) is 11.8. The Labute approximate surface area is 180 Å². The third-order valence-corrected chi connectivity index (χ3v) is 6.76. The second kappa shape index (κ2) is 8.41. The summed E-state index contributed by atoms with van der Waals surface area (Å²) in [5.41, 5.74) is 5.29. The van der Waals surface area contributed by atoms with E-state index in [-0.39, 0.29) is 18.1 Å². The van der Waals surface area contributed by atoms with E-state index < -0.39 is 11.3 Å². The first-order chi connectivity index (χ1) is 14.4. The van der Waals surface area contributed by atoms with E-state index in [9.17, 15) is 14.1 Å². The van der Waals surface area contributed by atoms with Crippen molar-refractivity contribution in [1.29, 1.82) is 0 Å². The number of pyridine rings is 1. The van der Waals surface area contributed by atoms with Crippen molar-refractivity contribution in [1.82, 2.24) is 9.71 Å². The maximum Gasteiger partial charge on any atom is 0.266 e. The predicted octanol–water partition coefficient (Wildman–Crippen LogP) is 4.04. The van der Waals surface area contributed by atoms with Crippen LogP contribution in [-0.2, 0) is 17.9 Å². The molecule has 0 radical (unpaired) electrons. The first kappa shape index (κ1) is 20.9. The number of aryl methyl sites for hydroxylation is 1. The van der Waals surface area contributed by atoms with Gasteiger partial charge in [-0.15, -0.1) is 11.3 Å². The van der Waals surface area contributed by atoms with Crippen LogP contribution in [0, 0.1) is 6.92 Å². The van der Waals surface area contributed by atoms with Crippen LogP contribution < -0.4 is 10.3 Å². The van der Waals surface area contributed by atoms with Gasteiger partial charge in [-0.3, -0.25) is 9.35 Å². The van der Waals surface area contributed by atoms with E-state index in [1.54, 1.807) is 0 Å². The summed E-state index contributed by atoms with van der Waals surface area (Å²) in [6.45, 7) is 4.19. The van der Waals surface area contributed by atoms with Gasteiger partial charge < -0.3 is 10.1 Å². The van der Waals surface area contributed by atoms with Crippen LogP contribution in [0.25, 0.3) is 32.1 Å². The van der Waals surface area contributed by atoms with Crippen molar-refractivity contribution in [3.8, 4) is 11.1 Å². The topological polar surface area (TPSA) is 102 Å². The number of aliphatic hydroxyl groups excluding tert-OH is 1. The van der Waals surface area contributed by atoms with Gasteiger partial charge in [0.25, 0.3) is 5.56 Å². The van der Waals surface area contributed by atoms with Crippen LogP contribution in [0.5, 0.6) is 0 Å². The molecule has 2 heterocycles. The van der Waals surface area contributed by atoms with Crippen LogP contribution in [0.1, 0.15) is 29.5 Å². The summed E-state index contributed by atoms with van der Waals surface area (Å²) in [7, 11) is 0. The molecule has 0 saturated heterocycles. The molecule has 2 unspecified atom stereocenters. The zero-order valence-corrected chi connectivity index (χ0v) is 18.2. The average molecular weight is 443 g/mol. The molecular weight excluding hydrogens is 420 g/mol. The van der Waals surface area contributed by atoms with Crippen LogP contribution >= 0.6 is 11.3 Å². The van der Waals surface area contributed by atoms with Crippen molar-refractivity contribution in [3.05, 3.63) is 68.8 Å². The molecular formula is C22H22N2O4S2. The van der Waals surface area contributed by atoms with Crippen LogP contribution in [0.4, 0.5) is 0 Å². The third-order valence-electron chi connectivity index (χ3n) is 5.44. The molecule has 2 aromatic carbocycles. The molecule has 0 bridgehead atoms. The highest BCUT2D eigenvalue weighted by molar-refractivity contribution is 7.77. The van der Waals surface area contributed by atoms with Crippen molar-refractivity contribution in [2.24, 2.45) is 0 Å². The number of aromatic amines is 1. The molecule has 4 N–H and O–H groups in total. The second-order valence-electron chi connectivity index (χ2n) is 7.37. The summed E-state index contributed by atoms with van der Waals surface area (Å²) in [4.78, 5) is 15.5. The quantitative estimate of drug-likeness (QED) is 0.338. The number of H-pyrrole nitrogens is 1. The Hall–Kier alpha value is -2.36. The van der Waals surface area contributed by atoms with Gasteiger partial charge in [0.15, 0.2) is 0 Å². The first-order valence-electron chi connectivity index (χ1n) is 9.52. The molecule has 0 saturated carbocycles. The number of aromatic nitrogens is 1. The van der Waals surface area contributed by atoms with E-state index in [2.05, 4.69) is 9.71 Å². The number of aliphatic hydroxyl groups is 1. The van der Waals surface area contributed by atoms with Crippen LogP contribution in [0.15, 0.2) is 46.6 Å². The van der Waals surface area contributed by atoms with Gasteiger partial charge in [-0.2, -0.15) is 0 Å². The number of benzene rings is 2. The summed E-state index contributed by atoms with van der Waals surface area (Å²) in [6.07, 6.45) is 0. The molecule has 0 spiro atoms. The SMILES string of the molecule is Cc1cc(CO)c(-c2ccc(C(C)CNS(=O)O)cc2)c2c1[nH]c(=O)c1sccc12. The lowest BCUT2D eigenvalue weighted by Gasteiger charge is -2.17. The predicted molar refractivity (Wildman–Crippen MR) is 123 cm³/mol.